The van der Waals surface area contributed by atoms with Gasteiger partial charge in [-0.05, 0) is 24.3 Å². The van der Waals surface area contributed by atoms with Gasteiger partial charge in [-0.2, -0.15) is 9.65 Å². The topological polar surface area (TPSA) is 65.8 Å². The minimum absolute atomic E-state index is 0.226. The Morgan fingerprint density at radius 1 is 1.28 bits per heavy atom. The third-order valence-corrected chi connectivity index (χ3v) is 2.29. The minimum atomic E-state index is -0.649. The lowest BCUT2D eigenvalue weighted by atomic mass is 10.2. The molecule has 0 aliphatic carbocycles. The smallest absolute Gasteiger partial charge is 0.257 e. The van der Waals surface area contributed by atoms with Gasteiger partial charge in [-0.3, -0.25) is 4.79 Å². The van der Waals surface area contributed by atoms with Gasteiger partial charge in [-0.1, -0.05) is 12.1 Å². The maximum Gasteiger partial charge on any atom is 0.257 e. The standard InChI is InChI=1S/C13H8FN3O/c14-12-6-5-10(8-16-12)13(18)17-11-4-2-1-3-9(11)7-15/h1-6,8H,(H,17,18). The molecule has 1 N–H and O–H groups in total. The van der Waals surface area contributed by atoms with E-state index < -0.39 is 11.9 Å². The van der Waals surface area contributed by atoms with E-state index in [0.717, 1.165) is 12.3 Å². The first-order valence-corrected chi connectivity index (χ1v) is 5.13. The molecule has 0 spiro atoms. The molecule has 0 fully saturated rings. The molecule has 0 aliphatic heterocycles. The van der Waals surface area contributed by atoms with Crippen molar-refractivity contribution in [3.63, 3.8) is 0 Å². The van der Waals surface area contributed by atoms with Crippen LogP contribution in [0, 0.1) is 17.3 Å². The largest absolute Gasteiger partial charge is 0.321 e. The van der Waals surface area contributed by atoms with E-state index in [0.29, 0.717) is 11.3 Å². The summed E-state index contributed by atoms with van der Waals surface area (Å²) < 4.78 is 12.6. The van der Waals surface area contributed by atoms with Crippen molar-refractivity contribution in [1.29, 1.82) is 5.26 Å². The summed E-state index contributed by atoms with van der Waals surface area (Å²) in [4.78, 5) is 15.2. The van der Waals surface area contributed by atoms with E-state index in [-0.39, 0.29) is 5.56 Å². The summed E-state index contributed by atoms with van der Waals surface area (Å²) in [5.41, 5.74) is 0.999. The highest BCUT2D eigenvalue weighted by molar-refractivity contribution is 6.04. The summed E-state index contributed by atoms with van der Waals surface area (Å²) >= 11 is 0. The van der Waals surface area contributed by atoms with Crippen molar-refractivity contribution in [3.8, 4) is 6.07 Å². The zero-order chi connectivity index (χ0) is 13.0. The Balaban J connectivity index is 2.22. The molecule has 0 unspecified atom stereocenters. The molecule has 0 atom stereocenters. The van der Waals surface area contributed by atoms with Gasteiger partial charge in [-0.15, -0.1) is 0 Å². The van der Waals surface area contributed by atoms with E-state index in [1.54, 1.807) is 24.3 Å². The number of para-hydroxylation sites is 1. The van der Waals surface area contributed by atoms with Crippen molar-refractivity contribution in [2.45, 2.75) is 0 Å². The molecule has 0 bridgehead atoms. The summed E-state index contributed by atoms with van der Waals surface area (Å²) in [5.74, 6) is -1.09. The molecule has 2 aromatic rings. The molecule has 1 amide bonds. The van der Waals surface area contributed by atoms with E-state index in [9.17, 15) is 9.18 Å². The molecule has 1 aromatic heterocycles. The van der Waals surface area contributed by atoms with Crippen LogP contribution in [0.25, 0.3) is 0 Å². The van der Waals surface area contributed by atoms with Gasteiger partial charge in [0.2, 0.25) is 5.95 Å². The molecule has 5 heteroatoms. The van der Waals surface area contributed by atoms with Gasteiger partial charge in [0.05, 0.1) is 16.8 Å². The zero-order valence-electron chi connectivity index (χ0n) is 9.22. The fraction of sp³-hybridized carbons (Fsp3) is 0. The summed E-state index contributed by atoms with van der Waals surface area (Å²) in [5, 5.41) is 11.4. The summed E-state index contributed by atoms with van der Waals surface area (Å²) in [6.07, 6.45) is 1.14. The number of amides is 1. The number of carbonyl (C=O) groups excluding carboxylic acids is 1. The molecule has 2 rings (SSSR count). The van der Waals surface area contributed by atoms with Crippen LogP contribution in [-0.2, 0) is 0 Å². The van der Waals surface area contributed by atoms with Gasteiger partial charge in [-0.25, -0.2) is 4.98 Å². The van der Waals surface area contributed by atoms with Crippen LogP contribution in [0.3, 0.4) is 0 Å². The third-order valence-electron chi connectivity index (χ3n) is 2.29. The number of nitriles is 1. The number of hydrogen-bond acceptors (Lipinski definition) is 3. The van der Waals surface area contributed by atoms with Crippen LogP contribution >= 0.6 is 0 Å². The number of nitrogens with one attached hydrogen (secondary N) is 1. The number of carbonyl (C=O) groups is 1. The number of rotatable bonds is 2. The van der Waals surface area contributed by atoms with Gasteiger partial charge in [0.15, 0.2) is 0 Å². The second-order valence-corrected chi connectivity index (χ2v) is 3.48. The maximum absolute atomic E-state index is 12.6. The van der Waals surface area contributed by atoms with E-state index in [1.807, 2.05) is 6.07 Å². The van der Waals surface area contributed by atoms with Crippen molar-refractivity contribution in [2.75, 3.05) is 5.32 Å². The number of anilines is 1. The lowest BCUT2D eigenvalue weighted by molar-refractivity contribution is 0.102. The molecule has 88 valence electrons. The van der Waals surface area contributed by atoms with Crippen LogP contribution in [0.4, 0.5) is 10.1 Å². The number of pyridine rings is 1. The Morgan fingerprint density at radius 3 is 2.72 bits per heavy atom. The SMILES string of the molecule is N#Cc1ccccc1NC(=O)c1ccc(F)nc1. The molecular weight excluding hydrogens is 233 g/mol. The quantitative estimate of drug-likeness (QED) is 0.820. The fourth-order valence-corrected chi connectivity index (χ4v) is 1.39. The third kappa shape index (κ3) is 2.50. The van der Waals surface area contributed by atoms with Crippen LogP contribution in [0.15, 0.2) is 42.6 Å². The monoisotopic (exact) mass is 241 g/mol. The molecule has 1 aromatic carbocycles. The van der Waals surface area contributed by atoms with Crippen molar-refractivity contribution >= 4 is 11.6 Å². The summed E-state index contributed by atoms with van der Waals surface area (Å²) in [6, 6.07) is 11.0. The van der Waals surface area contributed by atoms with Crippen LogP contribution in [0.5, 0.6) is 0 Å². The second-order valence-electron chi connectivity index (χ2n) is 3.48. The number of aromatic nitrogens is 1. The minimum Gasteiger partial charge on any atom is -0.321 e. The highest BCUT2D eigenvalue weighted by Crippen LogP contribution is 2.14. The van der Waals surface area contributed by atoms with Crippen LogP contribution in [-0.4, -0.2) is 10.9 Å². The highest BCUT2D eigenvalue weighted by atomic mass is 19.1. The number of halogens is 1. The van der Waals surface area contributed by atoms with Gasteiger partial charge < -0.3 is 5.32 Å². The van der Waals surface area contributed by atoms with Crippen molar-refractivity contribution < 1.29 is 9.18 Å². The molecule has 0 aliphatic rings. The lowest BCUT2D eigenvalue weighted by Crippen LogP contribution is -2.13. The fourth-order valence-electron chi connectivity index (χ4n) is 1.39. The molecule has 0 saturated heterocycles. The first kappa shape index (κ1) is 11.7. The van der Waals surface area contributed by atoms with Crippen LogP contribution in [0.1, 0.15) is 15.9 Å². The molecule has 1 heterocycles. The van der Waals surface area contributed by atoms with E-state index in [2.05, 4.69) is 10.3 Å². The summed E-state index contributed by atoms with van der Waals surface area (Å²) in [6.45, 7) is 0. The predicted molar refractivity (Wildman–Crippen MR) is 63.3 cm³/mol. The summed E-state index contributed by atoms with van der Waals surface area (Å²) in [7, 11) is 0. The van der Waals surface area contributed by atoms with Crippen molar-refractivity contribution in [1.82, 2.24) is 4.98 Å². The van der Waals surface area contributed by atoms with E-state index >= 15 is 0 Å². The molecule has 0 radical (unpaired) electrons. The average molecular weight is 241 g/mol. The Labute approximate surface area is 103 Å². The molecule has 18 heavy (non-hydrogen) atoms. The Morgan fingerprint density at radius 2 is 2.06 bits per heavy atom. The van der Waals surface area contributed by atoms with Crippen molar-refractivity contribution in [3.05, 3.63) is 59.7 Å². The maximum atomic E-state index is 12.6. The first-order chi connectivity index (χ1) is 8.70. The number of hydrogen-bond donors (Lipinski definition) is 1. The van der Waals surface area contributed by atoms with Gasteiger partial charge in [0, 0.05) is 6.20 Å². The number of benzene rings is 1. The van der Waals surface area contributed by atoms with Crippen molar-refractivity contribution in [2.24, 2.45) is 0 Å². The molecular formula is C13H8FN3O. The zero-order valence-corrected chi connectivity index (χ0v) is 9.22. The van der Waals surface area contributed by atoms with Gasteiger partial charge in [0.25, 0.3) is 5.91 Å². The average Bonchev–Trinajstić information content (AvgIpc) is 2.40. The first-order valence-electron chi connectivity index (χ1n) is 5.13. The highest BCUT2D eigenvalue weighted by Gasteiger charge is 2.09. The molecule has 4 nitrogen and oxygen atoms in total. The second kappa shape index (κ2) is 5.06. The van der Waals surface area contributed by atoms with Gasteiger partial charge >= 0.3 is 0 Å². The molecule has 0 saturated carbocycles. The predicted octanol–water partition coefficient (Wildman–Crippen LogP) is 2.34. The van der Waals surface area contributed by atoms with Gasteiger partial charge in [0.1, 0.15) is 6.07 Å². The Hall–Kier alpha value is -2.74. The lowest BCUT2D eigenvalue weighted by Gasteiger charge is -2.06. The van der Waals surface area contributed by atoms with E-state index in [4.69, 9.17) is 5.26 Å². The number of nitrogens with zero attached hydrogens (tertiary/aromatic N) is 2. The van der Waals surface area contributed by atoms with Crippen LogP contribution < -0.4 is 5.32 Å². The normalized spacial score (nSPS) is 9.56. The Kier molecular flexibility index (Phi) is 3.30. The van der Waals surface area contributed by atoms with Crippen LogP contribution in [0.2, 0.25) is 0 Å². The Bertz CT molecular complexity index is 617. The van der Waals surface area contributed by atoms with E-state index in [1.165, 1.54) is 6.07 Å².